The highest BCUT2D eigenvalue weighted by Gasteiger charge is 2.13. The lowest BCUT2D eigenvalue weighted by Gasteiger charge is -2.06. The molecule has 156 valence electrons. The summed E-state index contributed by atoms with van der Waals surface area (Å²) in [5.41, 5.74) is 0.783. The van der Waals surface area contributed by atoms with Gasteiger partial charge in [0.1, 0.15) is 17.4 Å². The molecule has 30 heavy (non-hydrogen) atoms. The van der Waals surface area contributed by atoms with Gasteiger partial charge in [0.25, 0.3) is 5.91 Å². The van der Waals surface area contributed by atoms with E-state index in [2.05, 4.69) is 15.6 Å². The van der Waals surface area contributed by atoms with Gasteiger partial charge in [-0.25, -0.2) is 13.8 Å². The Labute approximate surface area is 175 Å². The van der Waals surface area contributed by atoms with Crippen molar-refractivity contribution < 1.29 is 23.1 Å². The fourth-order valence-corrected chi connectivity index (χ4v) is 3.53. The first-order valence-corrected chi connectivity index (χ1v) is 9.87. The van der Waals surface area contributed by atoms with Gasteiger partial charge < -0.3 is 15.4 Å². The summed E-state index contributed by atoms with van der Waals surface area (Å²) in [6.07, 6.45) is 2.34. The fraction of sp³-hybridized carbons (Fsp3) is 0.190. The molecule has 0 bridgehead atoms. The maximum atomic E-state index is 13.6. The molecule has 9 heteroatoms. The normalized spacial score (nSPS) is 10.5. The summed E-state index contributed by atoms with van der Waals surface area (Å²) in [5.74, 6) is -2.00. The Balaban J connectivity index is 1.46. The highest BCUT2D eigenvalue weighted by Crippen LogP contribution is 2.23. The van der Waals surface area contributed by atoms with Crippen LogP contribution in [0.25, 0.3) is 0 Å². The minimum atomic E-state index is -0.955. The van der Waals surface area contributed by atoms with E-state index < -0.39 is 17.5 Å². The van der Waals surface area contributed by atoms with Crippen LogP contribution in [0.5, 0.6) is 5.75 Å². The first-order chi connectivity index (χ1) is 14.4. The average Bonchev–Trinajstić information content (AvgIpc) is 3.14. The van der Waals surface area contributed by atoms with E-state index in [1.807, 2.05) is 24.3 Å². The lowest BCUT2D eigenvalue weighted by Crippen LogP contribution is -2.28. The van der Waals surface area contributed by atoms with Gasteiger partial charge in [-0.2, -0.15) is 0 Å². The Morgan fingerprint density at radius 2 is 2.00 bits per heavy atom. The van der Waals surface area contributed by atoms with Gasteiger partial charge in [0.15, 0.2) is 5.13 Å². The van der Waals surface area contributed by atoms with Crippen LogP contribution in [0.3, 0.4) is 0 Å². The van der Waals surface area contributed by atoms with Crippen molar-refractivity contribution in [2.24, 2.45) is 0 Å². The van der Waals surface area contributed by atoms with Crippen LogP contribution >= 0.6 is 11.3 Å². The number of amides is 2. The summed E-state index contributed by atoms with van der Waals surface area (Å²) in [7, 11) is 1.61. The number of halogens is 2. The van der Waals surface area contributed by atoms with E-state index >= 15 is 0 Å². The zero-order chi connectivity index (χ0) is 21.5. The van der Waals surface area contributed by atoms with Crippen molar-refractivity contribution in [2.45, 2.75) is 12.8 Å². The first kappa shape index (κ1) is 21.4. The van der Waals surface area contributed by atoms with Crippen molar-refractivity contribution in [2.75, 3.05) is 19.0 Å². The Bertz CT molecular complexity index is 1060. The molecule has 0 radical (unpaired) electrons. The molecule has 3 aromatic rings. The molecule has 0 aliphatic heterocycles. The number of benzene rings is 2. The molecule has 0 saturated heterocycles. The molecule has 2 amide bonds. The second-order valence-corrected chi connectivity index (χ2v) is 7.45. The molecule has 2 aromatic carbocycles. The SMILES string of the molecule is COc1cccc(Cc2cnc(NC(=O)CCNC(=O)c3ccc(F)cc3F)s2)c1. The molecule has 0 atom stereocenters. The number of hydrogen-bond donors (Lipinski definition) is 2. The molecule has 0 saturated carbocycles. The molecule has 1 heterocycles. The van der Waals surface area contributed by atoms with E-state index in [9.17, 15) is 18.4 Å². The third-order valence-electron chi connectivity index (χ3n) is 4.13. The number of rotatable bonds is 8. The number of hydrogen-bond acceptors (Lipinski definition) is 5. The molecule has 0 aliphatic carbocycles. The molecule has 2 N–H and O–H groups in total. The Morgan fingerprint density at radius 1 is 1.17 bits per heavy atom. The first-order valence-electron chi connectivity index (χ1n) is 9.05. The van der Waals surface area contributed by atoms with E-state index in [4.69, 9.17) is 4.74 Å². The second-order valence-electron chi connectivity index (χ2n) is 6.34. The van der Waals surface area contributed by atoms with Crippen LogP contribution in [0.2, 0.25) is 0 Å². The molecule has 0 spiro atoms. The summed E-state index contributed by atoms with van der Waals surface area (Å²) in [4.78, 5) is 29.1. The van der Waals surface area contributed by atoms with Crippen LogP contribution in [0.15, 0.2) is 48.7 Å². The van der Waals surface area contributed by atoms with Gasteiger partial charge in [-0.15, -0.1) is 11.3 Å². The molecule has 3 rings (SSSR count). The number of thiazole rings is 1. The number of carbonyl (C=O) groups is 2. The zero-order valence-electron chi connectivity index (χ0n) is 16.1. The van der Waals surface area contributed by atoms with Crippen molar-refractivity contribution in [3.8, 4) is 5.75 Å². The van der Waals surface area contributed by atoms with E-state index in [-0.39, 0.29) is 24.4 Å². The highest BCUT2D eigenvalue weighted by atomic mass is 32.1. The Kier molecular flexibility index (Phi) is 7.08. The minimum absolute atomic E-state index is 0.00350. The van der Waals surface area contributed by atoms with Crippen LogP contribution in [-0.4, -0.2) is 30.5 Å². The van der Waals surface area contributed by atoms with E-state index in [0.717, 1.165) is 28.3 Å². The maximum Gasteiger partial charge on any atom is 0.254 e. The van der Waals surface area contributed by atoms with E-state index in [0.29, 0.717) is 17.6 Å². The summed E-state index contributed by atoms with van der Waals surface area (Å²) < 4.78 is 31.7. The van der Waals surface area contributed by atoms with E-state index in [1.165, 1.54) is 11.3 Å². The van der Waals surface area contributed by atoms with Gasteiger partial charge in [-0.3, -0.25) is 9.59 Å². The number of carbonyl (C=O) groups excluding carboxylic acids is 2. The summed E-state index contributed by atoms with van der Waals surface area (Å²) in [6.45, 7) is 0.00350. The van der Waals surface area contributed by atoms with Gasteiger partial charge in [0.05, 0.1) is 12.7 Å². The van der Waals surface area contributed by atoms with Gasteiger partial charge >= 0.3 is 0 Å². The van der Waals surface area contributed by atoms with Crippen LogP contribution < -0.4 is 15.4 Å². The Hall–Kier alpha value is -3.33. The minimum Gasteiger partial charge on any atom is -0.497 e. The summed E-state index contributed by atoms with van der Waals surface area (Å²) in [6, 6.07) is 10.4. The number of nitrogens with one attached hydrogen (secondary N) is 2. The Morgan fingerprint density at radius 3 is 2.77 bits per heavy atom. The third kappa shape index (κ3) is 5.84. The summed E-state index contributed by atoms with van der Waals surface area (Å²) in [5, 5.41) is 5.56. The van der Waals surface area contributed by atoms with Crippen molar-refractivity contribution in [3.05, 3.63) is 76.3 Å². The van der Waals surface area contributed by atoms with Gasteiger partial charge in [-0.05, 0) is 29.8 Å². The maximum absolute atomic E-state index is 13.6. The summed E-state index contributed by atoms with van der Waals surface area (Å²) >= 11 is 1.35. The highest BCUT2D eigenvalue weighted by molar-refractivity contribution is 7.15. The number of anilines is 1. The zero-order valence-corrected chi connectivity index (χ0v) is 16.9. The molecule has 6 nitrogen and oxygen atoms in total. The second kappa shape index (κ2) is 9.93. The van der Waals surface area contributed by atoms with Crippen molar-refractivity contribution >= 4 is 28.3 Å². The topological polar surface area (TPSA) is 80.3 Å². The quantitative estimate of drug-likeness (QED) is 0.569. The van der Waals surface area contributed by atoms with Crippen LogP contribution in [0.1, 0.15) is 27.2 Å². The molecule has 0 fully saturated rings. The van der Waals surface area contributed by atoms with Gasteiger partial charge in [-0.1, -0.05) is 12.1 Å². The lowest BCUT2D eigenvalue weighted by molar-refractivity contribution is -0.116. The van der Waals surface area contributed by atoms with Crippen molar-refractivity contribution in [1.29, 1.82) is 0 Å². The predicted molar refractivity (Wildman–Crippen MR) is 110 cm³/mol. The standard InChI is InChI=1S/C21H19F2N3O3S/c1-29-15-4-2-3-13(9-15)10-16-12-25-21(30-16)26-19(27)7-8-24-20(28)17-6-5-14(22)11-18(17)23/h2-6,9,11-12H,7-8,10H2,1H3,(H,24,28)(H,25,26,27). The number of methoxy groups -OCH3 is 1. The largest absolute Gasteiger partial charge is 0.497 e. The van der Waals surface area contributed by atoms with Crippen molar-refractivity contribution in [3.63, 3.8) is 0 Å². The fourth-order valence-electron chi connectivity index (χ4n) is 2.67. The van der Waals surface area contributed by atoms with Crippen LogP contribution in [-0.2, 0) is 11.2 Å². The van der Waals surface area contributed by atoms with E-state index in [1.54, 1.807) is 13.3 Å². The van der Waals surface area contributed by atoms with Crippen LogP contribution in [0, 0.1) is 11.6 Å². The van der Waals surface area contributed by atoms with Gasteiger partial charge in [0, 0.05) is 36.5 Å². The number of aromatic nitrogens is 1. The average molecular weight is 431 g/mol. The molecule has 0 aliphatic rings. The van der Waals surface area contributed by atoms with Gasteiger partial charge in [0.2, 0.25) is 5.91 Å². The molecule has 0 unspecified atom stereocenters. The monoisotopic (exact) mass is 431 g/mol. The smallest absolute Gasteiger partial charge is 0.254 e. The van der Waals surface area contributed by atoms with Crippen molar-refractivity contribution in [1.82, 2.24) is 10.3 Å². The number of nitrogens with zero attached hydrogens (tertiary/aromatic N) is 1. The predicted octanol–water partition coefficient (Wildman–Crippen LogP) is 3.78. The molecule has 1 aromatic heterocycles. The molecular formula is C21H19F2N3O3S. The molecular weight excluding hydrogens is 412 g/mol. The lowest BCUT2D eigenvalue weighted by atomic mass is 10.1. The number of ether oxygens (including phenoxy) is 1. The third-order valence-corrected chi connectivity index (χ3v) is 5.04. The van der Waals surface area contributed by atoms with Crippen LogP contribution in [0.4, 0.5) is 13.9 Å².